The highest BCUT2D eigenvalue weighted by atomic mass is 79.9. The van der Waals surface area contributed by atoms with Gasteiger partial charge >= 0.3 is 0 Å². The minimum Gasteiger partial charge on any atom is -0.370 e. The molecule has 4 atom stereocenters. The molecule has 1 aromatic heterocycles. The Kier molecular flexibility index (Phi) is 7.80. The number of halogens is 1. The van der Waals surface area contributed by atoms with Gasteiger partial charge in [0.05, 0.1) is 24.4 Å². The van der Waals surface area contributed by atoms with E-state index < -0.39 is 10.9 Å². The molecule has 10 nitrogen and oxygen atoms in total. The fraction of sp³-hybridized carbons (Fsp3) is 0.636. The number of likely N-dealkylation sites (tertiary alicyclic amines) is 1. The summed E-state index contributed by atoms with van der Waals surface area (Å²) in [6.07, 6.45) is 3.04. The monoisotopic (exact) mass is 520 g/mol. The first-order valence-electron chi connectivity index (χ1n) is 11.3. The molecule has 3 fully saturated rings. The van der Waals surface area contributed by atoms with Crippen LogP contribution in [0.2, 0.25) is 0 Å². The molecule has 178 valence electrons. The molecule has 0 aromatic carbocycles. The first-order chi connectivity index (χ1) is 16.0. The van der Waals surface area contributed by atoms with Gasteiger partial charge in [0.2, 0.25) is 0 Å². The Morgan fingerprint density at radius 2 is 2.06 bits per heavy atom. The van der Waals surface area contributed by atoms with Crippen LogP contribution in [-0.4, -0.2) is 83.7 Å². The summed E-state index contributed by atoms with van der Waals surface area (Å²) >= 11 is 3.35. The number of pyridine rings is 1. The number of amides is 2. The number of anilines is 1. The van der Waals surface area contributed by atoms with Gasteiger partial charge in [-0.3, -0.25) is 15.0 Å². The van der Waals surface area contributed by atoms with Crippen LogP contribution < -0.4 is 15.8 Å². The molecular weight excluding hydrogens is 492 g/mol. The van der Waals surface area contributed by atoms with Crippen LogP contribution >= 0.6 is 15.9 Å². The zero-order chi connectivity index (χ0) is 23.4. The lowest BCUT2D eigenvalue weighted by Gasteiger charge is -2.37. The Labute approximate surface area is 201 Å². The average Bonchev–Trinajstić information content (AvgIpc) is 3.21. The summed E-state index contributed by atoms with van der Waals surface area (Å²) in [5.74, 6) is 0.753. The molecule has 0 aliphatic carbocycles. The maximum absolute atomic E-state index is 13.0. The van der Waals surface area contributed by atoms with Crippen molar-refractivity contribution in [1.29, 1.82) is 5.26 Å². The summed E-state index contributed by atoms with van der Waals surface area (Å²) in [4.78, 5) is 32.8. The number of nitrogens with one attached hydrogen (secondary N) is 2. The first kappa shape index (κ1) is 23.9. The highest BCUT2D eigenvalue weighted by molar-refractivity contribution is 9.10. The van der Waals surface area contributed by atoms with Crippen LogP contribution in [0.4, 0.5) is 5.82 Å². The predicted octanol–water partition coefficient (Wildman–Crippen LogP) is 0.711. The second-order valence-corrected chi connectivity index (χ2v) is 9.62. The zero-order valence-corrected chi connectivity index (χ0v) is 20.2. The molecule has 2 amide bonds. The average molecular weight is 521 g/mol. The summed E-state index contributed by atoms with van der Waals surface area (Å²) in [6, 6.07) is 5.95. The van der Waals surface area contributed by atoms with Gasteiger partial charge in [0.15, 0.2) is 0 Å². The van der Waals surface area contributed by atoms with Crippen molar-refractivity contribution in [2.45, 2.75) is 55.4 Å². The number of carbonyl (C=O) groups excluding carboxylic acids is 2. The largest absolute Gasteiger partial charge is 0.370 e. The van der Waals surface area contributed by atoms with Gasteiger partial charge < -0.3 is 19.3 Å². The lowest BCUT2D eigenvalue weighted by Crippen LogP contribution is -2.57. The molecule has 2 N–H and O–H groups in total. The topological polar surface area (TPSA) is 120 Å². The van der Waals surface area contributed by atoms with E-state index in [-0.39, 0.29) is 30.1 Å². The molecule has 11 heteroatoms. The molecule has 0 saturated carbocycles. The highest BCUT2D eigenvalue weighted by Gasteiger charge is 2.38. The zero-order valence-electron chi connectivity index (χ0n) is 18.6. The third-order valence-electron chi connectivity index (χ3n) is 6.33. The fourth-order valence-corrected chi connectivity index (χ4v) is 4.95. The Morgan fingerprint density at radius 3 is 2.76 bits per heavy atom. The molecule has 0 spiro atoms. The Hall–Kier alpha value is -2.26. The SMILES string of the molecule is C[C@@H](CO[C@@H]1CCN(C2CCN(c3ccc(C#N)cn3)CC2)C1=O)OC1CNNC(=O)C1Br. The summed E-state index contributed by atoms with van der Waals surface area (Å²) in [5.41, 5.74) is 5.91. The summed E-state index contributed by atoms with van der Waals surface area (Å²) in [7, 11) is 0. The maximum atomic E-state index is 13.0. The molecule has 33 heavy (non-hydrogen) atoms. The predicted molar refractivity (Wildman–Crippen MR) is 123 cm³/mol. The van der Waals surface area contributed by atoms with Crippen LogP contribution in [-0.2, 0) is 19.1 Å². The van der Waals surface area contributed by atoms with Crippen LogP contribution in [0.25, 0.3) is 0 Å². The van der Waals surface area contributed by atoms with Crippen LogP contribution in [0.1, 0.15) is 31.7 Å². The lowest BCUT2D eigenvalue weighted by atomic mass is 10.0. The van der Waals surface area contributed by atoms with Crippen molar-refractivity contribution in [3.63, 3.8) is 0 Å². The van der Waals surface area contributed by atoms with Crippen molar-refractivity contribution in [3.05, 3.63) is 23.9 Å². The number of hydrogen-bond acceptors (Lipinski definition) is 8. The third-order valence-corrected chi connectivity index (χ3v) is 7.33. The fourth-order valence-electron chi connectivity index (χ4n) is 4.52. The molecule has 3 aliphatic heterocycles. The Balaban J connectivity index is 1.21. The molecule has 4 heterocycles. The van der Waals surface area contributed by atoms with Crippen LogP contribution in [0, 0.1) is 11.3 Å². The molecule has 4 rings (SSSR count). The molecule has 1 aromatic rings. The minimum absolute atomic E-state index is 0.0502. The number of hydrazine groups is 1. The van der Waals surface area contributed by atoms with Gasteiger partial charge in [-0.2, -0.15) is 5.26 Å². The Bertz CT molecular complexity index is 886. The van der Waals surface area contributed by atoms with Gasteiger partial charge in [-0.25, -0.2) is 10.4 Å². The van der Waals surface area contributed by atoms with Crippen molar-refractivity contribution in [1.82, 2.24) is 20.7 Å². The Morgan fingerprint density at radius 1 is 1.27 bits per heavy atom. The van der Waals surface area contributed by atoms with Crippen molar-refractivity contribution >= 4 is 33.6 Å². The quantitative estimate of drug-likeness (QED) is 0.504. The normalized spacial score (nSPS) is 27.4. The molecule has 0 radical (unpaired) electrons. The highest BCUT2D eigenvalue weighted by Crippen LogP contribution is 2.26. The van der Waals surface area contributed by atoms with Crippen molar-refractivity contribution < 1.29 is 19.1 Å². The summed E-state index contributed by atoms with van der Waals surface area (Å²) < 4.78 is 11.8. The number of ether oxygens (including phenoxy) is 2. The number of piperidine rings is 1. The standard InChI is InChI=1S/C22H29BrN6O4/c1-14(33-18-12-26-27-21(30)20(18)23)13-32-17-6-9-29(22(17)31)16-4-7-28(8-5-16)19-3-2-15(10-24)11-25-19/h2-3,11,14,16-18,20,26H,4-9,12-13H2,1H3,(H,27,30)/t14-,17+,18?,20?/m0/s1. The van der Waals surface area contributed by atoms with E-state index in [2.05, 4.69) is 42.7 Å². The van der Waals surface area contributed by atoms with Crippen molar-refractivity contribution in [2.75, 3.05) is 37.7 Å². The van der Waals surface area contributed by atoms with Gasteiger partial charge in [-0.15, -0.1) is 0 Å². The van der Waals surface area contributed by atoms with E-state index in [1.54, 1.807) is 12.3 Å². The number of nitrogens with zero attached hydrogens (tertiary/aromatic N) is 4. The summed E-state index contributed by atoms with van der Waals surface area (Å²) in [5, 5.41) is 8.93. The first-order valence-corrected chi connectivity index (χ1v) is 12.2. The lowest BCUT2D eigenvalue weighted by molar-refractivity contribution is -0.143. The van der Waals surface area contributed by atoms with E-state index in [4.69, 9.17) is 14.7 Å². The van der Waals surface area contributed by atoms with E-state index in [0.717, 1.165) is 31.7 Å². The van der Waals surface area contributed by atoms with E-state index in [1.807, 2.05) is 17.9 Å². The van der Waals surface area contributed by atoms with Gasteiger partial charge in [0.1, 0.15) is 22.8 Å². The third kappa shape index (κ3) is 5.63. The van der Waals surface area contributed by atoms with E-state index in [9.17, 15) is 9.59 Å². The van der Waals surface area contributed by atoms with Gasteiger partial charge in [-0.05, 0) is 31.9 Å². The van der Waals surface area contributed by atoms with Gasteiger partial charge in [0.25, 0.3) is 11.8 Å². The van der Waals surface area contributed by atoms with Crippen LogP contribution in [0.5, 0.6) is 0 Å². The van der Waals surface area contributed by atoms with E-state index >= 15 is 0 Å². The van der Waals surface area contributed by atoms with Gasteiger partial charge in [0, 0.05) is 44.8 Å². The number of nitriles is 1. The molecule has 3 saturated heterocycles. The van der Waals surface area contributed by atoms with E-state index in [0.29, 0.717) is 31.7 Å². The number of carbonyl (C=O) groups is 2. The number of alkyl halides is 1. The maximum Gasteiger partial charge on any atom is 0.252 e. The molecule has 2 unspecified atom stereocenters. The smallest absolute Gasteiger partial charge is 0.252 e. The minimum atomic E-state index is -0.443. The number of hydrogen-bond donors (Lipinski definition) is 2. The van der Waals surface area contributed by atoms with E-state index in [1.165, 1.54) is 0 Å². The number of aromatic nitrogens is 1. The summed E-state index contributed by atoms with van der Waals surface area (Å²) in [6.45, 7) is 5.02. The number of rotatable bonds is 7. The van der Waals surface area contributed by atoms with Gasteiger partial charge in [-0.1, -0.05) is 15.9 Å². The molecule has 0 bridgehead atoms. The van der Waals surface area contributed by atoms with Crippen molar-refractivity contribution in [3.8, 4) is 6.07 Å². The van der Waals surface area contributed by atoms with Crippen LogP contribution in [0.15, 0.2) is 18.3 Å². The molecule has 3 aliphatic rings. The second-order valence-electron chi connectivity index (χ2n) is 8.63. The van der Waals surface area contributed by atoms with Crippen LogP contribution in [0.3, 0.4) is 0 Å². The van der Waals surface area contributed by atoms with Crippen molar-refractivity contribution in [2.24, 2.45) is 0 Å². The second kappa shape index (κ2) is 10.8. The molecular formula is C22H29BrN6O4.